The summed E-state index contributed by atoms with van der Waals surface area (Å²) in [4.78, 5) is 23.9. The van der Waals surface area contributed by atoms with E-state index in [1.54, 1.807) is 36.4 Å². The first-order chi connectivity index (χ1) is 15.5. The normalized spacial score (nSPS) is 10.6. The largest absolute Gasteiger partial charge is 0.490 e. The second-order valence-corrected chi connectivity index (χ2v) is 7.01. The van der Waals surface area contributed by atoms with Crippen LogP contribution in [0.4, 0.5) is 5.69 Å². The third-order valence-corrected chi connectivity index (χ3v) is 4.41. The van der Waals surface area contributed by atoms with E-state index in [-0.39, 0.29) is 0 Å². The molecule has 0 spiro atoms. The third-order valence-electron chi connectivity index (χ3n) is 4.17. The molecule has 0 aliphatic carbocycles. The average Bonchev–Trinajstić information content (AvgIpc) is 2.79. The Morgan fingerprint density at radius 2 is 1.75 bits per heavy atom. The van der Waals surface area contributed by atoms with Gasteiger partial charge in [-0.25, -0.2) is 5.43 Å². The van der Waals surface area contributed by atoms with Crippen molar-refractivity contribution in [1.29, 1.82) is 0 Å². The predicted molar refractivity (Wildman–Crippen MR) is 124 cm³/mol. The summed E-state index contributed by atoms with van der Waals surface area (Å²) in [6.45, 7) is 2.75. The van der Waals surface area contributed by atoms with Crippen LogP contribution >= 0.6 is 11.6 Å². The number of carbonyl (C=O) groups is 2. The van der Waals surface area contributed by atoms with Gasteiger partial charge in [0.15, 0.2) is 11.5 Å². The molecule has 0 saturated carbocycles. The Labute approximate surface area is 191 Å². The molecule has 0 unspecified atom stereocenters. The highest BCUT2D eigenvalue weighted by atomic mass is 35.5. The highest BCUT2D eigenvalue weighted by Crippen LogP contribution is 2.28. The fraction of sp³-hybridized carbons (Fsp3) is 0.125. The Morgan fingerprint density at radius 3 is 2.50 bits per heavy atom. The zero-order chi connectivity index (χ0) is 22.8. The van der Waals surface area contributed by atoms with Crippen molar-refractivity contribution >= 4 is 35.3 Å². The summed E-state index contributed by atoms with van der Waals surface area (Å²) in [5, 5.41) is 6.73. The van der Waals surface area contributed by atoms with Crippen LogP contribution in [0.1, 0.15) is 18.1 Å². The van der Waals surface area contributed by atoms with E-state index in [2.05, 4.69) is 15.8 Å². The van der Waals surface area contributed by atoms with E-state index in [1.807, 2.05) is 37.3 Å². The molecule has 7 nitrogen and oxygen atoms in total. The minimum Gasteiger partial charge on any atom is -0.490 e. The van der Waals surface area contributed by atoms with Crippen LogP contribution in [-0.2, 0) is 16.2 Å². The fourth-order valence-corrected chi connectivity index (χ4v) is 2.89. The molecule has 0 aliphatic heterocycles. The first-order valence-electron chi connectivity index (χ1n) is 9.88. The monoisotopic (exact) mass is 451 g/mol. The summed E-state index contributed by atoms with van der Waals surface area (Å²) in [7, 11) is 0. The average molecular weight is 452 g/mol. The maximum atomic E-state index is 12.0. The topological polar surface area (TPSA) is 89.0 Å². The number of carbonyl (C=O) groups excluding carboxylic acids is 2. The highest BCUT2D eigenvalue weighted by molar-refractivity contribution is 6.39. The summed E-state index contributed by atoms with van der Waals surface area (Å²) in [5.41, 5.74) is 4.31. The summed E-state index contributed by atoms with van der Waals surface area (Å²) < 4.78 is 11.5. The summed E-state index contributed by atoms with van der Waals surface area (Å²) in [6.07, 6.45) is 1.41. The molecule has 8 heteroatoms. The van der Waals surface area contributed by atoms with E-state index in [4.69, 9.17) is 21.1 Å². The standard InChI is InChI=1S/C24H22ClN3O4/c1-2-31-22-13-18(11-12-21(22)32-16-17-7-4-3-5-8-17)15-26-28-24(30)23(29)27-20-10-6-9-19(25)14-20/h3-15H,2,16H2,1H3,(H,27,29)(H,28,30)/b26-15-. The molecule has 0 saturated heterocycles. The van der Waals surface area contributed by atoms with Crippen molar-refractivity contribution in [3.05, 3.63) is 88.9 Å². The second-order valence-electron chi connectivity index (χ2n) is 6.58. The first kappa shape index (κ1) is 22.8. The molecular weight excluding hydrogens is 430 g/mol. The molecule has 164 valence electrons. The molecule has 2 amide bonds. The van der Waals surface area contributed by atoms with Gasteiger partial charge in [0.05, 0.1) is 12.8 Å². The van der Waals surface area contributed by atoms with Gasteiger partial charge in [-0.1, -0.05) is 48.0 Å². The maximum Gasteiger partial charge on any atom is 0.329 e. The van der Waals surface area contributed by atoms with E-state index < -0.39 is 11.8 Å². The van der Waals surface area contributed by atoms with Crippen molar-refractivity contribution in [2.45, 2.75) is 13.5 Å². The van der Waals surface area contributed by atoms with Crippen molar-refractivity contribution in [3.63, 3.8) is 0 Å². The Morgan fingerprint density at radius 1 is 0.938 bits per heavy atom. The van der Waals surface area contributed by atoms with Crippen molar-refractivity contribution in [3.8, 4) is 11.5 Å². The molecule has 0 bridgehead atoms. The lowest BCUT2D eigenvalue weighted by Crippen LogP contribution is -2.32. The van der Waals surface area contributed by atoms with Gasteiger partial charge in [-0.3, -0.25) is 9.59 Å². The van der Waals surface area contributed by atoms with Crippen molar-refractivity contribution < 1.29 is 19.1 Å². The van der Waals surface area contributed by atoms with E-state index in [9.17, 15) is 9.59 Å². The van der Waals surface area contributed by atoms with Crippen molar-refractivity contribution in [2.24, 2.45) is 5.10 Å². The van der Waals surface area contributed by atoms with Crippen LogP contribution in [0.15, 0.2) is 77.9 Å². The molecule has 0 heterocycles. The predicted octanol–water partition coefficient (Wildman–Crippen LogP) is 4.41. The molecule has 0 radical (unpaired) electrons. The molecule has 0 aromatic heterocycles. The minimum atomic E-state index is -0.908. The fourth-order valence-electron chi connectivity index (χ4n) is 2.70. The van der Waals surface area contributed by atoms with Crippen LogP contribution in [0.25, 0.3) is 0 Å². The number of nitrogens with zero attached hydrogens (tertiary/aromatic N) is 1. The van der Waals surface area contributed by atoms with Gasteiger partial charge in [0, 0.05) is 10.7 Å². The van der Waals surface area contributed by atoms with Gasteiger partial charge in [-0.2, -0.15) is 5.10 Å². The number of nitrogens with one attached hydrogen (secondary N) is 2. The first-order valence-corrected chi connectivity index (χ1v) is 10.3. The molecule has 3 rings (SSSR count). The lowest BCUT2D eigenvalue weighted by atomic mass is 10.2. The summed E-state index contributed by atoms with van der Waals surface area (Å²) in [6, 6.07) is 21.6. The van der Waals surface area contributed by atoms with E-state index in [1.165, 1.54) is 12.3 Å². The minimum absolute atomic E-state index is 0.409. The molecule has 3 aromatic rings. The zero-order valence-electron chi connectivity index (χ0n) is 17.4. The number of benzene rings is 3. The van der Waals surface area contributed by atoms with Crippen molar-refractivity contribution in [1.82, 2.24) is 5.43 Å². The molecular formula is C24H22ClN3O4. The maximum absolute atomic E-state index is 12.0. The second kappa shape index (κ2) is 11.5. The van der Waals surface area contributed by atoms with Gasteiger partial charge in [0.1, 0.15) is 6.61 Å². The Balaban J connectivity index is 1.58. The van der Waals surface area contributed by atoms with Gasteiger partial charge >= 0.3 is 11.8 Å². The number of rotatable bonds is 8. The molecule has 32 heavy (non-hydrogen) atoms. The van der Waals surface area contributed by atoms with Crippen LogP contribution in [-0.4, -0.2) is 24.6 Å². The van der Waals surface area contributed by atoms with E-state index in [0.717, 1.165) is 5.56 Å². The van der Waals surface area contributed by atoms with Gasteiger partial charge < -0.3 is 14.8 Å². The number of hydrogen-bond donors (Lipinski definition) is 2. The SMILES string of the molecule is CCOc1cc(/C=N\NC(=O)C(=O)Nc2cccc(Cl)c2)ccc1OCc1ccccc1. The molecule has 2 N–H and O–H groups in total. The summed E-state index contributed by atoms with van der Waals surface area (Å²) >= 11 is 5.86. The Kier molecular flexibility index (Phi) is 8.22. The highest BCUT2D eigenvalue weighted by Gasteiger charge is 2.13. The van der Waals surface area contributed by atoms with Gasteiger partial charge in [0.25, 0.3) is 0 Å². The van der Waals surface area contributed by atoms with Crippen LogP contribution in [0.5, 0.6) is 11.5 Å². The molecule has 0 aliphatic rings. The zero-order valence-corrected chi connectivity index (χ0v) is 18.1. The van der Waals surface area contributed by atoms with Gasteiger partial charge in [-0.05, 0) is 54.4 Å². The van der Waals surface area contributed by atoms with Crippen molar-refractivity contribution in [2.75, 3.05) is 11.9 Å². The van der Waals surface area contributed by atoms with Crippen LogP contribution in [0.2, 0.25) is 5.02 Å². The Hall–Kier alpha value is -3.84. The third kappa shape index (κ3) is 6.85. The van der Waals surface area contributed by atoms with Gasteiger partial charge in [0.2, 0.25) is 0 Å². The van der Waals surface area contributed by atoms with E-state index in [0.29, 0.717) is 41.0 Å². The smallest absolute Gasteiger partial charge is 0.329 e. The van der Waals surface area contributed by atoms with E-state index >= 15 is 0 Å². The lowest BCUT2D eigenvalue weighted by molar-refractivity contribution is -0.136. The number of ether oxygens (including phenoxy) is 2. The number of halogens is 1. The van der Waals surface area contributed by atoms with Crippen LogP contribution in [0.3, 0.4) is 0 Å². The molecule has 0 fully saturated rings. The number of hydrazone groups is 1. The van der Waals surface area contributed by atoms with Crippen LogP contribution in [0, 0.1) is 0 Å². The number of hydrogen-bond acceptors (Lipinski definition) is 5. The summed E-state index contributed by atoms with van der Waals surface area (Å²) in [5.74, 6) is -0.617. The number of anilines is 1. The lowest BCUT2D eigenvalue weighted by Gasteiger charge is -2.12. The number of amides is 2. The quantitative estimate of drug-likeness (QED) is 0.301. The van der Waals surface area contributed by atoms with Crippen LogP contribution < -0.4 is 20.2 Å². The molecule has 3 aromatic carbocycles. The molecule has 0 atom stereocenters. The van der Waals surface area contributed by atoms with Gasteiger partial charge in [-0.15, -0.1) is 0 Å². The Bertz CT molecular complexity index is 1100.